The average molecular weight is 304 g/mol. The molecule has 0 radical (unpaired) electrons. The van der Waals surface area contributed by atoms with Gasteiger partial charge in [0.05, 0.1) is 11.1 Å². The van der Waals surface area contributed by atoms with E-state index in [1.165, 1.54) is 4.88 Å². The van der Waals surface area contributed by atoms with Gasteiger partial charge in [-0.3, -0.25) is 0 Å². The zero-order valence-electron chi connectivity index (χ0n) is 13.2. The highest BCUT2D eigenvalue weighted by molar-refractivity contribution is 7.11. The predicted molar refractivity (Wildman–Crippen MR) is 88.7 cm³/mol. The van der Waals surface area contributed by atoms with E-state index in [4.69, 9.17) is 0 Å². The van der Waals surface area contributed by atoms with Crippen LogP contribution < -0.4 is 5.32 Å². The van der Waals surface area contributed by atoms with Gasteiger partial charge in [0.25, 0.3) is 0 Å². The molecule has 0 saturated carbocycles. The molecule has 0 amide bonds. The van der Waals surface area contributed by atoms with Gasteiger partial charge in [-0.05, 0) is 18.1 Å². The number of rotatable bonds is 5. The lowest BCUT2D eigenvalue weighted by atomic mass is 9.98. The molecular formula is C17H24N2OS. The van der Waals surface area contributed by atoms with Crippen LogP contribution >= 0.6 is 11.3 Å². The molecule has 114 valence electrons. The van der Waals surface area contributed by atoms with Gasteiger partial charge in [0.1, 0.15) is 0 Å². The molecule has 1 heterocycles. The summed E-state index contributed by atoms with van der Waals surface area (Å²) in [6.45, 7) is 9.84. The van der Waals surface area contributed by atoms with Crippen molar-refractivity contribution in [3.05, 3.63) is 51.5 Å². The van der Waals surface area contributed by atoms with Gasteiger partial charge in [-0.15, -0.1) is 11.3 Å². The summed E-state index contributed by atoms with van der Waals surface area (Å²) >= 11 is 1.74. The van der Waals surface area contributed by atoms with E-state index >= 15 is 0 Å². The van der Waals surface area contributed by atoms with Gasteiger partial charge in [-0.1, -0.05) is 45.0 Å². The molecule has 0 aliphatic heterocycles. The molecule has 2 aromatic rings. The van der Waals surface area contributed by atoms with Crippen LogP contribution in [0.4, 0.5) is 0 Å². The molecule has 21 heavy (non-hydrogen) atoms. The van der Waals surface area contributed by atoms with Gasteiger partial charge in [-0.25, -0.2) is 4.98 Å². The third kappa shape index (κ3) is 4.37. The van der Waals surface area contributed by atoms with Gasteiger partial charge in [0.15, 0.2) is 0 Å². The van der Waals surface area contributed by atoms with Crippen molar-refractivity contribution < 1.29 is 5.11 Å². The molecule has 1 aromatic heterocycles. The molecule has 2 N–H and O–H groups in total. The molecule has 0 aliphatic carbocycles. The Bertz CT molecular complexity index is 586. The number of nitrogens with one attached hydrogen (secondary N) is 1. The number of benzene rings is 1. The maximum Gasteiger partial charge on any atom is 0.0981 e. The zero-order chi connectivity index (χ0) is 15.5. The molecule has 1 unspecified atom stereocenters. The van der Waals surface area contributed by atoms with E-state index in [1.807, 2.05) is 37.4 Å². The van der Waals surface area contributed by atoms with Crippen molar-refractivity contribution in [2.75, 3.05) is 6.54 Å². The third-order valence-electron chi connectivity index (χ3n) is 3.38. The quantitative estimate of drug-likeness (QED) is 0.887. The first-order valence-electron chi connectivity index (χ1n) is 7.27. The van der Waals surface area contributed by atoms with E-state index < -0.39 is 6.10 Å². The summed E-state index contributed by atoms with van der Waals surface area (Å²) in [5.41, 5.74) is 2.22. The maximum absolute atomic E-state index is 10.2. The van der Waals surface area contributed by atoms with Gasteiger partial charge >= 0.3 is 0 Å². The molecule has 0 spiro atoms. The van der Waals surface area contributed by atoms with Crippen LogP contribution in [-0.2, 0) is 12.0 Å². The van der Waals surface area contributed by atoms with Gasteiger partial charge in [0.2, 0.25) is 0 Å². The molecule has 1 atom stereocenters. The number of nitrogens with zero attached hydrogens (tertiary/aromatic N) is 1. The number of hydrogen-bond acceptors (Lipinski definition) is 4. The van der Waals surface area contributed by atoms with Crippen molar-refractivity contribution in [3.63, 3.8) is 0 Å². The van der Waals surface area contributed by atoms with Crippen molar-refractivity contribution in [1.29, 1.82) is 0 Å². The number of aromatic nitrogens is 1. The Labute approximate surface area is 131 Å². The second-order valence-corrected chi connectivity index (χ2v) is 7.50. The van der Waals surface area contributed by atoms with Crippen LogP contribution in [0.3, 0.4) is 0 Å². The standard InChI is InChI=1S/C17H24N2OS/c1-12-7-5-6-8-14(12)15(20)11-18-9-13-10-19-16(21-13)17(2,3)4/h5-8,10,15,18,20H,9,11H2,1-4H3. The maximum atomic E-state index is 10.2. The van der Waals surface area contributed by atoms with Crippen LogP contribution in [0.2, 0.25) is 0 Å². The van der Waals surface area contributed by atoms with Crippen molar-refractivity contribution >= 4 is 11.3 Å². The number of hydrogen-bond donors (Lipinski definition) is 2. The SMILES string of the molecule is Cc1ccccc1C(O)CNCc1cnc(C(C)(C)C)s1. The summed E-state index contributed by atoms with van der Waals surface area (Å²) in [6, 6.07) is 7.96. The van der Waals surface area contributed by atoms with Crippen molar-refractivity contribution in [1.82, 2.24) is 10.3 Å². The fraction of sp³-hybridized carbons (Fsp3) is 0.471. The van der Waals surface area contributed by atoms with Crippen LogP contribution in [0, 0.1) is 6.92 Å². The first-order chi connectivity index (χ1) is 9.88. The van der Waals surface area contributed by atoms with Crippen LogP contribution in [0.15, 0.2) is 30.5 Å². The van der Waals surface area contributed by atoms with Crippen molar-refractivity contribution in [2.45, 2.75) is 45.8 Å². The highest BCUT2D eigenvalue weighted by atomic mass is 32.1. The summed E-state index contributed by atoms with van der Waals surface area (Å²) in [5.74, 6) is 0. The van der Waals surface area contributed by atoms with E-state index in [9.17, 15) is 5.11 Å². The van der Waals surface area contributed by atoms with Crippen LogP contribution in [0.25, 0.3) is 0 Å². The molecule has 2 rings (SSSR count). The monoisotopic (exact) mass is 304 g/mol. The van der Waals surface area contributed by atoms with Crippen molar-refractivity contribution in [3.8, 4) is 0 Å². The van der Waals surface area contributed by atoms with Crippen molar-refractivity contribution in [2.24, 2.45) is 0 Å². The highest BCUT2D eigenvalue weighted by Crippen LogP contribution is 2.26. The third-order valence-corrected chi connectivity index (χ3v) is 4.80. The number of aryl methyl sites for hydroxylation is 1. The fourth-order valence-electron chi connectivity index (χ4n) is 2.14. The Hall–Kier alpha value is -1.23. The zero-order valence-corrected chi connectivity index (χ0v) is 14.0. The van der Waals surface area contributed by atoms with E-state index in [0.29, 0.717) is 6.54 Å². The number of aliphatic hydroxyl groups is 1. The Balaban J connectivity index is 1.87. The summed E-state index contributed by atoms with van der Waals surface area (Å²) in [4.78, 5) is 5.68. The first kappa shape index (κ1) is 16.1. The predicted octanol–water partition coefficient (Wildman–Crippen LogP) is 3.57. The van der Waals surface area contributed by atoms with E-state index in [0.717, 1.165) is 22.7 Å². The normalized spacial score (nSPS) is 13.4. The van der Waals surface area contributed by atoms with E-state index in [1.54, 1.807) is 11.3 Å². The minimum absolute atomic E-state index is 0.101. The van der Waals surface area contributed by atoms with Gasteiger partial charge in [0, 0.05) is 29.6 Å². The summed E-state index contributed by atoms with van der Waals surface area (Å²) in [7, 11) is 0. The second-order valence-electron chi connectivity index (χ2n) is 6.39. The molecular weight excluding hydrogens is 280 g/mol. The second kappa shape index (κ2) is 6.69. The van der Waals surface area contributed by atoms with E-state index in [2.05, 4.69) is 31.1 Å². The lowest BCUT2D eigenvalue weighted by Crippen LogP contribution is -2.21. The Kier molecular flexibility index (Phi) is 5.14. The molecule has 0 fully saturated rings. The lowest BCUT2D eigenvalue weighted by molar-refractivity contribution is 0.174. The summed E-state index contributed by atoms with van der Waals surface area (Å²) < 4.78 is 0. The molecule has 0 bridgehead atoms. The average Bonchev–Trinajstić information content (AvgIpc) is 2.88. The first-order valence-corrected chi connectivity index (χ1v) is 8.09. The number of thiazole rings is 1. The minimum Gasteiger partial charge on any atom is -0.387 e. The molecule has 0 aliphatic rings. The Morgan fingerprint density at radius 3 is 2.62 bits per heavy atom. The van der Waals surface area contributed by atoms with Gasteiger partial charge < -0.3 is 10.4 Å². The Morgan fingerprint density at radius 2 is 2.00 bits per heavy atom. The topological polar surface area (TPSA) is 45.1 Å². The highest BCUT2D eigenvalue weighted by Gasteiger charge is 2.18. The molecule has 1 aromatic carbocycles. The summed E-state index contributed by atoms with van der Waals surface area (Å²) in [6.07, 6.45) is 1.46. The summed E-state index contributed by atoms with van der Waals surface area (Å²) in [5, 5.41) is 14.7. The minimum atomic E-state index is -0.471. The lowest BCUT2D eigenvalue weighted by Gasteiger charge is -2.14. The number of aliphatic hydroxyl groups excluding tert-OH is 1. The van der Waals surface area contributed by atoms with E-state index in [-0.39, 0.29) is 5.41 Å². The smallest absolute Gasteiger partial charge is 0.0981 e. The van der Waals surface area contributed by atoms with Crippen LogP contribution in [-0.4, -0.2) is 16.6 Å². The van der Waals surface area contributed by atoms with Crippen LogP contribution in [0.1, 0.15) is 47.9 Å². The fourth-order valence-corrected chi connectivity index (χ4v) is 3.08. The largest absolute Gasteiger partial charge is 0.387 e. The molecule has 3 nitrogen and oxygen atoms in total. The van der Waals surface area contributed by atoms with Crippen LogP contribution in [0.5, 0.6) is 0 Å². The Morgan fingerprint density at radius 1 is 1.29 bits per heavy atom. The molecule has 0 saturated heterocycles. The van der Waals surface area contributed by atoms with Gasteiger partial charge in [-0.2, -0.15) is 0 Å². The molecule has 4 heteroatoms.